The number of rotatable bonds is 5. The van der Waals surface area contributed by atoms with Gasteiger partial charge in [0.15, 0.2) is 0 Å². The van der Waals surface area contributed by atoms with E-state index in [4.69, 9.17) is 11.6 Å². The van der Waals surface area contributed by atoms with E-state index < -0.39 is 0 Å². The normalized spacial score (nSPS) is 26.6. The van der Waals surface area contributed by atoms with Crippen LogP contribution in [0.2, 0.25) is 5.02 Å². The monoisotopic (exact) mass is 309 g/mol. The van der Waals surface area contributed by atoms with E-state index in [1.54, 1.807) is 0 Å². The maximum Gasteiger partial charge on any atom is 0.0661 e. The summed E-state index contributed by atoms with van der Waals surface area (Å²) in [5.74, 6) is 0.753. The van der Waals surface area contributed by atoms with Gasteiger partial charge in [-0.3, -0.25) is 0 Å². The minimum atomic E-state index is -0.189. The van der Waals surface area contributed by atoms with E-state index in [0.29, 0.717) is 5.41 Å². The topological polar surface area (TPSA) is 32.3 Å². The highest BCUT2D eigenvalue weighted by atomic mass is 35.5. The Hall–Kier alpha value is -0.730. The lowest BCUT2D eigenvalue weighted by atomic mass is 9.65. The van der Waals surface area contributed by atoms with Crippen molar-refractivity contribution in [3.05, 3.63) is 29.3 Å². The van der Waals surface area contributed by atoms with Crippen molar-refractivity contribution < 1.29 is 5.11 Å². The third-order valence-corrected chi connectivity index (χ3v) is 5.73. The molecule has 0 unspecified atom stereocenters. The Morgan fingerprint density at radius 3 is 2.52 bits per heavy atom. The van der Waals surface area contributed by atoms with Crippen LogP contribution in [-0.2, 0) is 0 Å². The lowest BCUT2D eigenvalue weighted by Crippen LogP contribution is -2.47. The summed E-state index contributed by atoms with van der Waals surface area (Å²) in [6.45, 7) is 7.19. The Bertz CT molecular complexity index is 464. The second-order valence-electron chi connectivity index (χ2n) is 7.19. The molecule has 1 aromatic carbocycles. The maximum absolute atomic E-state index is 9.92. The van der Waals surface area contributed by atoms with Gasteiger partial charge < -0.3 is 10.4 Å². The fourth-order valence-electron chi connectivity index (χ4n) is 3.44. The zero-order valence-corrected chi connectivity index (χ0v) is 14.2. The van der Waals surface area contributed by atoms with Crippen molar-refractivity contribution in [1.29, 1.82) is 0 Å². The van der Waals surface area contributed by atoms with Gasteiger partial charge in [-0.2, -0.15) is 0 Å². The van der Waals surface area contributed by atoms with E-state index in [1.807, 2.05) is 24.3 Å². The second kappa shape index (κ2) is 6.58. The van der Waals surface area contributed by atoms with Crippen molar-refractivity contribution in [2.24, 2.45) is 11.3 Å². The quantitative estimate of drug-likeness (QED) is 0.792. The predicted octanol–water partition coefficient (Wildman–Crippen LogP) is 5.11. The summed E-state index contributed by atoms with van der Waals surface area (Å²) in [4.78, 5) is 0. The van der Waals surface area contributed by atoms with E-state index in [1.165, 1.54) is 19.3 Å². The fourth-order valence-corrected chi connectivity index (χ4v) is 3.63. The molecule has 21 heavy (non-hydrogen) atoms. The first-order valence-corrected chi connectivity index (χ1v) is 8.43. The minimum Gasteiger partial charge on any atom is -0.394 e. The van der Waals surface area contributed by atoms with Gasteiger partial charge in [0.2, 0.25) is 0 Å². The molecule has 1 saturated carbocycles. The van der Waals surface area contributed by atoms with Crippen LogP contribution in [0.25, 0.3) is 0 Å². The molecular weight excluding hydrogens is 282 g/mol. The molecule has 2 nitrogen and oxygen atoms in total. The molecule has 0 amide bonds. The number of nitrogens with one attached hydrogen (secondary N) is 1. The first-order chi connectivity index (χ1) is 9.91. The molecule has 2 N–H and O–H groups in total. The first kappa shape index (κ1) is 16.6. The molecule has 1 aromatic rings. The average Bonchev–Trinajstić information content (AvgIpc) is 2.48. The van der Waals surface area contributed by atoms with Crippen LogP contribution in [0.4, 0.5) is 5.69 Å². The van der Waals surface area contributed by atoms with Gasteiger partial charge in [0.1, 0.15) is 0 Å². The second-order valence-corrected chi connectivity index (χ2v) is 7.63. The number of aliphatic hydroxyl groups excluding tert-OH is 1. The van der Waals surface area contributed by atoms with Gasteiger partial charge in [0, 0.05) is 10.7 Å². The molecule has 1 fully saturated rings. The van der Waals surface area contributed by atoms with Gasteiger partial charge in [-0.05, 0) is 55.2 Å². The summed E-state index contributed by atoms with van der Waals surface area (Å²) >= 11 is 6.05. The summed E-state index contributed by atoms with van der Waals surface area (Å²) in [5, 5.41) is 14.2. The van der Waals surface area contributed by atoms with Gasteiger partial charge in [-0.15, -0.1) is 0 Å². The summed E-state index contributed by atoms with van der Waals surface area (Å²) in [6.07, 6.45) is 5.60. The Kier molecular flexibility index (Phi) is 5.21. The third kappa shape index (κ3) is 3.92. The Morgan fingerprint density at radius 1 is 1.33 bits per heavy atom. The van der Waals surface area contributed by atoms with Crippen molar-refractivity contribution >= 4 is 17.3 Å². The molecule has 1 aliphatic carbocycles. The Morgan fingerprint density at radius 2 is 2.00 bits per heavy atom. The SMILES string of the molecule is CCC(C)(C)C1CCC(CO)(Nc2cccc(Cl)c2)CC1. The molecule has 0 spiro atoms. The van der Waals surface area contributed by atoms with Crippen LogP contribution >= 0.6 is 11.6 Å². The summed E-state index contributed by atoms with van der Waals surface area (Å²) < 4.78 is 0. The lowest BCUT2D eigenvalue weighted by Gasteiger charge is -2.45. The van der Waals surface area contributed by atoms with Crippen LogP contribution in [0, 0.1) is 11.3 Å². The fraction of sp³-hybridized carbons (Fsp3) is 0.667. The van der Waals surface area contributed by atoms with Crippen LogP contribution in [-0.4, -0.2) is 17.3 Å². The molecule has 0 bridgehead atoms. The molecule has 0 radical (unpaired) electrons. The Balaban J connectivity index is 2.05. The van der Waals surface area contributed by atoms with Crippen molar-refractivity contribution in [3.8, 4) is 0 Å². The summed E-state index contributed by atoms with van der Waals surface area (Å²) in [7, 11) is 0. The molecule has 0 atom stereocenters. The van der Waals surface area contributed by atoms with Gasteiger partial charge in [0.05, 0.1) is 12.1 Å². The molecule has 118 valence electrons. The van der Waals surface area contributed by atoms with E-state index in [-0.39, 0.29) is 12.1 Å². The van der Waals surface area contributed by atoms with E-state index in [0.717, 1.165) is 29.5 Å². The van der Waals surface area contributed by atoms with Crippen molar-refractivity contribution in [2.45, 2.75) is 58.4 Å². The van der Waals surface area contributed by atoms with Crippen LogP contribution in [0.5, 0.6) is 0 Å². The molecular formula is C18H28ClNO. The average molecular weight is 310 g/mol. The molecule has 0 heterocycles. The predicted molar refractivity (Wildman–Crippen MR) is 90.9 cm³/mol. The van der Waals surface area contributed by atoms with Crippen molar-refractivity contribution in [2.75, 3.05) is 11.9 Å². The smallest absolute Gasteiger partial charge is 0.0661 e. The molecule has 3 heteroatoms. The maximum atomic E-state index is 9.92. The van der Waals surface area contributed by atoms with Crippen LogP contribution in [0.3, 0.4) is 0 Å². The summed E-state index contributed by atoms with van der Waals surface area (Å²) in [5.41, 5.74) is 1.22. The lowest BCUT2D eigenvalue weighted by molar-refractivity contribution is 0.0921. The van der Waals surface area contributed by atoms with Crippen molar-refractivity contribution in [3.63, 3.8) is 0 Å². The van der Waals surface area contributed by atoms with Gasteiger partial charge in [0.25, 0.3) is 0 Å². The largest absolute Gasteiger partial charge is 0.394 e. The molecule has 1 aliphatic rings. The Labute approximate surface area is 133 Å². The van der Waals surface area contributed by atoms with Crippen LogP contribution < -0.4 is 5.32 Å². The van der Waals surface area contributed by atoms with E-state index in [9.17, 15) is 5.11 Å². The third-order valence-electron chi connectivity index (χ3n) is 5.50. The number of benzene rings is 1. The van der Waals surface area contributed by atoms with E-state index in [2.05, 4.69) is 26.1 Å². The first-order valence-electron chi connectivity index (χ1n) is 8.05. The highest BCUT2D eigenvalue weighted by Gasteiger charge is 2.39. The van der Waals surface area contributed by atoms with Gasteiger partial charge in [-0.1, -0.05) is 44.9 Å². The molecule has 2 rings (SSSR count). The standard InChI is InChI=1S/C18H28ClNO/c1-4-17(2,3)14-8-10-18(13-21,11-9-14)20-16-7-5-6-15(19)12-16/h5-7,12,14,20-21H,4,8-11,13H2,1-3H3. The number of halogens is 1. The van der Waals surface area contributed by atoms with Gasteiger partial charge >= 0.3 is 0 Å². The number of aliphatic hydroxyl groups is 1. The number of anilines is 1. The van der Waals surface area contributed by atoms with Crippen molar-refractivity contribution in [1.82, 2.24) is 0 Å². The zero-order valence-electron chi connectivity index (χ0n) is 13.5. The van der Waals surface area contributed by atoms with Crippen LogP contribution in [0.15, 0.2) is 24.3 Å². The van der Waals surface area contributed by atoms with Crippen LogP contribution in [0.1, 0.15) is 52.9 Å². The van der Waals surface area contributed by atoms with E-state index >= 15 is 0 Å². The minimum absolute atomic E-state index is 0.179. The number of hydrogen-bond donors (Lipinski definition) is 2. The van der Waals surface area contributed by atoms with Gasteiger partial charge in [-0.25, -0.2) is 0 Å². The molecule has 0 aromatic heterocycles. The zero-order chi connectivity index (χ0) is 15.5. The number of hydrogen-bond acceptors (Lipinski definition) is 2. The summed E-state index contributed by atoms with van der Waals surface area (Å²) in [6, 6.07) is 7.77. The molecule has 0 saturated heterocycles. The highest BCUT2D eigenvalue weighted by Crippen LogP contribution is 2.44. The molecule has 0 aliphatic heterocycles. The highest BCUT2D eigenvalue weighted by molar-refractivity contribution is 6.30.